The number of aliphatic hydroxyl groups excluding tert-OH is 1. The maximum Gasteiger partial charge on any atom is 0.414 e. The van der Waals surface area contributed by atoms with E-state index in [1.54, 1.807) is 0 Å². The summed E-state index contributed by atoms with van der Waals surface area (Å²) in [6, 6.07) is 13.0. The molecule has 176 valence electrons. The number of benzene rings is 2. The molecule has 2 aromatic carbocycles. The first kappa shape index (κ1) is 24.3. The van der Waals surface area contributed by atoms with E-state index in [0.717, 1.165) is 12.1 Å². The average Bonchev–Trinajstić information content (AvgIpc) is 3.08. The van der Waals surface area contributed by atoms with Crippen LogP contribution in [0.3, 0.4) is 0 Å². The third kappa shape index (κ3) is 5.73. The zero-order valence-corrected chi connectivity index (χ0v) is 19.4. The van der Waals surface area contributed by atoms with Crippen LogP contribution in [0.2, 0.25) is 0 Å². The van der Waals surface area contributed by atoms with E-state index < -0.39 is 18.0 Å². The predicted molar refractivity (Wildman–Crippen MR) is 129 cm³/mol. The number of rotatable bonds is 5. The van der Waals surface area contributed by atoms with Crippen molar-refractivity contribution in [1.29, 1.82) is 0 Å². The Morgan fingerprint density at radius 3 is 2.42 bits per heavy atom. The number of carbonyl (C=O) groups is 2. The third-order valence-electron chi connectivity index (χ3n) is 6.24. The molecule has 1 heterocycles. The van der Waals surface area contributed by atoms with Crippen LogP contribution in [0.15, 0.2) is 36.4 Å². The van der Waals surface area contributed by atoms with E-state index in [2.05, 4.69) is 67.1 Å². The third-order valence-corrected chi connectivity index (χ3v) is 6.24. The Balaban J connectivity index is 0.000000454. The molecule has 33 heavy (non-hydrogen) atoms. The minimum absolute atomic E-state index is 0.423. The number of hydrogen-bond acceptors (Lipinski definition) is 4. The van der Waals surface area contributed by atoms with Gasteiger partial charge in [0.25, 0.3) is 0 Å². The van der Waals surface area contributed by atoms with Crippen molar-refractivity contribution in [2.45, 2.75) is 59.1 Å². The lowest BCUT2D eigenvalue weighted by atomic mass is 9.95. The lowest BCUT2D eigenvalue weighted by Gasteiger charge is -2.20. The van der Waals surface area contributed by atoms with Gasteiger partial charge in [-0.25, -0.2) is 9.59 Å². The Kier molecular flexibility index (Phi) is 7.76. The Morgan fingerprint density at radius 2 is 1.73 bits per heavy atom. The molecule has 7 nitrogen and oxygen atoms in total. The smallest absolute Gasteiger partial charge is 0.414 e. The van der Waals surface area contributed by atoms with Crippen LogP contribution >= 0.6 is 0 Å². The molecule has 1 aliphatic carbocycles. The fourth-order valence-electron chi connectivity index (χ4n) is 4.40. The van der Waals surface area contributed by atoms with Crippen molar-refractivity contribution < 1.29 is 24.9 Å². The van der Waals surface area contributed by atoms with Crippen molar-refractivity contribution in [2.24, 2.45) is 0 Å². The number of anilines is 1. The van der Waals surface area contributed by atoms with Crippen LogP contribution < -0.4 is 5.32 Å². The maximum absolute atomic E-state index is 10.8. The van der Waals surface area contributed by atoms with E-state index in [1.165, 1.54) is 58.1 Å². The summed E-state index contributed by atoms with van der Waals surface area (Å²) in [6.07, 6.45) is 4.39. The maximum atomic E-state index is 10.8. The van der Waals surface area contributed by atoms with E-state index in [4.69, 9.17) is 19.8 Å². The van der Waals surface area contributed by atoms with E-state index in [0.29, 0.717) is 13.1 Å². The first-order valence-electron chi connectivity index (χ1n) is 11.2. The van der Waals surface area contributed by atoms with Crippen LogP contribution in [0.25, 0.3) is 10.9 Å². The molecule has 0 aliphatic heterocycles. The fraction of sp³-hybridized carbons (Fsp3) is 0.385. The summed E-state index contributed by atoms with van der Waals surface area (Å²) in [5, 5.41) is 30.4. The number of nitrogens with zero attached hydrogens (tertiary/aromatic N) is 1. The molecule has 0 saturated heterocycles. The number of hydrogen-bond donors (Lipinski definition) is 4. The van der Waals surface area contributed by atoms with Gasteiger partial charge >= 0.3 is 11.9 Å². The molecule has 1 unspecified atom stereocenters. The number of aromatic nitrogens is 1. The first-order valence-corrected chi connectivity index (χ1v) is 11.2. The van der Waals surface area contributed by atoms with E-state index in [1.807, 2.05) is 0 Å². The second kappa shape index (κ2) is 10.5. The van der Waals surface area contributed by atoms with Gasteiger partial charge in [0.15, 0.2) is 0 Å². The number of nitrogens with one attached hydrogen (secondary N) is 1. The van der Waals surface area contributed by atoms with Crippen LogP contribution in [0, 0.1) is 20.8 Å². The summed E-state index contributed by atoms with van der Waals surface area (Å²) >= 11 is 0. The van der Waals surface area contributed by atoms with Crippen LogP contribution in [0.4, 0.5) is 5.69 Å². The molecule has 0 fully saturated rings. The van der Waals surface area contributed by atoms with Gasteiger partial charge in [-0.1, -0.05) is 23.8 Å². The number of aryl methyl sites for hydroxylation is 3. The summed E-state index contributed by atoms with van der Waals surface area (Å²) in [7, 11) is 0. The first-order chi connectivity index (χ1) is 15.7. The largest absolute Gasteiger partial charge is 0.473 e. The highest BCUT2D eigenvalue weighted by Gasteiger charge is 2.21. The molecule has 3 aromatic rings. The molecule has 0 bridgehead atoms. The molecule has 4 N–H and O–H groups in total. The quantitative estimate of drug-likeness (QED) is 0.434. The number of fused-ring (bicyclic) bond motifs is 3. The highest BCUT2D eigenvalue weighted by atomic mass is 16.4. The molecule has 7 heteroatoms. The topological polar surface area (TPSA) is 112 Å². The molecule has 4 rings (SSSR count). The van der Waals surface area contributed by atoms with E-state index in [9.17, 15) is 5.11 Å². The highest BCUT2D eigenvalue weighted by Crippen LogP contribution is 2.33. The Bertz CT molecular complexity index is 1150. The zero-order chi connectivity index (χ0) is 24.1. The number of carboxylic acids is 2. The number of aliphatic carboxylic acids is 2. The van der Waals surface area contributed by atoms with Crippen LogP contribution in [0.1, 0.15) is 40.8 Å². The minimum Gasteiger partial charge on any atom is -0.473 e. The van der Waals surface area contributed by atoms with Crippen LogP contribution in [-0.4, -0.2) is 44.5 Å². The fourth-order valence-corrected chi connectivity index (χ4v) is 4.40. The van der Waals surface area contributed by atoms with Gasteiger partial charge in [0.05, 0.1) is 12.6 Å². The van der Waals surface area contributed by atoms with Crippen molar-refractivity contribution in [2.75, 3.05) is 11.9 Å². The van der Waals surface area contributed by atoms with Crippen molar-refractivity contribution in [3.8, 4) is 0 Å². The van der Waals surface area contributed by atoms with E-state index >= 15 is 0 Å². The van der Waals surface area contributed by atoms with E-state index in [-0.39, 0.29) is 0 Å². The van der Waals surface area contributed by atoms with Crippen molar-refractivity contribution in [1.82, 2.24) is 4.57 Å². The summed E-state index contributed by atoms with van der Waals surface area (Å²) in [5.74, 6) is -3.65. The van der Waals surface area contributed by atoms with Gasteiger partial charge in [0, 0.05) is 28.8 Å². The molecular weight excluding hydrogens is 420 g/mol. The highest BCUT2D eigenvalue weighted by molar-refractivity contribution is 6.27. The van der Waals surface area contributed by atoms with Crippen molar-refractivity contribution >= 4 is 28.5 Å². The molecule has 1 atom stereocenters. The normalized spacial score (nSPS) is 13.6. The van der Waals surface area contributed by atoms with Gasteiger partial charge in [-0.05, 0) is 81.3 Å². The van der Waals surface area contributed by atoms with Gasteiger partial charge in [-0.15, -0.1) is 0 Å². The van der Waals surface area contributed by atoms with Crippen LogP contribution in [-0.2, 0) is 29.0 Å². The summed E-state index contributed by atoms with van der Waals surface area (Å²) in [6.45, 7) is 7.62. The summed E-state index contributed by atoms with van der Waals surface area (Å²) < 4.78 is 2.37. The Morgan fingerprint density at radius 1 is 1.03 bits per heavy atom. The lowest BCUT2D eigenvalue weighted by Crippen LogP contribution is -2.26. The monoisotopic (exact) mass is 452 g/mol. The zero-order valence-electron chi connectivity index (χ0n) is 19.4. The Hall–Kier alpha value is -3.32. The number of aliphatic hydroxyl groups is 1. The SMILES string of the molecule is Cc1ccc2c(c1)c1c(n2CC(O)CNc2cccc(C)c2C)CCCC1.O=C(O)C(=O)O. The molecule has 0 amide bonds. The van der Waals surface area contributed by atoms with Gasteiger partial charge in [-0.3, -0.25) is 0 Å². The molecular formula is C26H32N2O5. The molecule has 0 radical (unpaired) electrons. The molecule has 0 spiro atoms. The molecule has 1 aromatic heterocycles. The average molecular weight is 453 g/mol. The predicted octanol–water partition coefficient (Wildman–Crippen LogP) is 4.07. The minimum atomic E-state index is -1.82. The number of carboxylic acid groups (broad SMARTS) is 2. The second-order valence-corrected chi connectivity index (χ2v) is 8.66. The summed E-state index contributed by atoms with van der Waals surface area (Å²) in [4.78, 5) is 18.2. The standard InChI is InChI=1S/C24H30N2O.C2H2O4/c1-16-11-12-24-21(13-16)20-8-4-5-10-23(20)26(24)15-19(27)14-25-22-9-6-7-17(2)18(22)3;3-1(4)2(5)6/h6-7,9,11-13,19,25,27H,4-5,8,10,14-15H2,1-3H3;(H,3,4)(H,5,6). The van der Waals surface area contributed by atoms with Gasteiger partial charge < -0.3 is 25.2 Å². The van der Waals surface area contributed by atoms with Crippen LogP contribution in [0.5, 0.6) is 0 Å². The van der Waals surface area contributed by atoms with Gasteiger partial charge in [0.1, 0.15) is 0 Å². The lowest BCUT2D eigenvalue weighted by molar-refractivity contribution is -0.159. The van der Waals surface area contributed by atoms with Crippen molar-refractivity contribution in [3.05, 3.63) is 64.3 Å². The van der Waals surface area contributed by atoms with Gasteiger partial charge in [0.2, 0.25) is 0 Å². The second-order valence-electron chi connectivity index (χ2n) is 8.66. The van der Waals surface area contributed by atoms with Gasteiger partial charge in [-0.2, -0.15) is 0 Å². The molecule has 0 saturated carbocycles. The van der Waals surface area contributed by atoms with Crippen molar-refractivity contribution in [3.63, 3.8) is 0 Å². The summed E-state index contributed by atoms with van der Waals surface area (Å²) in [5.41, 5.74) is 9.18. The Labute approximate surface area is 193 Å². The molecule has 1 aliphatic rings.